The number of aromatic nitrogens is 6. The van der Waals surface area contributed by atoms with Crippen LogP contribution in [0.1, 0.15) is 18.3 Å². The number of hydrogen-bond donors (Lipinski definition) is 0. The van der Waals surface area contributed by atoms with Crippen LogP contribution in [0.2, 0.25) is 0 Å². The maximum absolute atomic E-state index is 7.28. The molecule has 0 aliphatic carbocycles. The SMILES string of the molecule is [C-]#CC#CC#CC#CC#CC#CC#CC#CC#CC#CC#CC#CC#CC#CC.[C-]#[N+]c1cc2c3cccnc3c3[c-]c(C)nn3c2cc1[N+]#[C-].[C-]#[N+]c1cc2c3cccnc3c3cc(C)nn3c2cc1[N+]#[C-].[Ir].[Ir]. The van der Waals surface area contributed by atoms with Crippen LogP contribution in [0.15, 0.2) is 67.0 Å². The van der Waals surface area contributed by atoms with E-state index < -0.39 is 0 Å². The molecule has 75 heavy (non-hydrogen) atoms. The van der Waals surface area contributed by atoms with Gasteiger partial charge < -0.3 is 11.4 Å². The van der Waals surface area contributed by atoms with E-state index in [9.17, 15) is 0 Å². The first-order valence-electron chi connectivity index (χ1n) is 20.5. The van der Waals surface area contributed by atoms with Crippen LogP contribution in [0.5, 0.6) is 0 Å². The van der Waals surface area contributed by atoms with Gasteiger partial charge >= 0.3 is 0 Å². The molecule has 0 unspecified atom stereocenters. The maximum atomic E-state index is 7.28. The van der Waals surface area contributed by atoms with Gasteiger partial charge in [0.05, 0.1) is 54.0 Å². The molecule has 0 aliphatic rings. The third kappa shape index (κ3) is 14.6. The quantitative estimate of drug-likeness (QED) is 0.0863. The number of benzene rings is 2. The Morgan fingerprint density at radius 1 is 0.440 bits per heavy atom. The van der Waals surface area contributed by atoms with Gasteiger partial charge in [-0.25, -0.2) is 10.4 Å². The Bertz CT molecular complexity index is 4630. The van der Waals surface area contributed by atoms with Crippen molar-refractivity contribution in [2.24, 2.45) is 0 Å². The molecule has 0 bridgehead atoms. The third-order valence-electron chi connectivity index (χ3n) is 9.07. The van der Waals surface area contributed by atoms with Crippen molar-refractivity contribution in [2.45, 2.75) is 20.8 Å². The van der Waals surface area contributed by atoms with Gasteiger partial charge in [-0.2, -0.15) is 16.3 Å². The summed E-state index contributed by atoms with van der Waals surface area (Å²) < 4.78 is 3.56. The van der Waals surface area contributed by atoms with Gasteiger partial charge in [-0.15, -0.1) is 5.92 Å². The second kappa shape index (κ2) is 29.3. The van der Waals surface area contributed by atoms with Crippen LogP contribution in [-0.4, -0.2) is 29.2 Å². The predicted molar refractivity (Wildman–Crippen MR) is 283 cm³/mol. The van der Waals surface area contributed by atoms with E-state index >= 15 is 0 Å². The molecule has 0 saturated heterocycles. The summed E-state index contributed by atoms with van der Waals surface area (Å²) in [5, 5.41) is 12.6. The van der Waals surface area contributed by atoms with Gasteiger partial charge in [0.2, 0.25) is 0 Å². The van der Waals surface area contributed by atoms with Crippen LogP contribution in [0.25, 0.3) is 74.0 Å². The molecule has 0 amide bonds. The Labute approximate surface area is 460 Å². The molecule has 8 aromatic rings. The van der Waals surface area contributed by atoms with Crippen LogP contribution >= 0.6 is 0 Å². The second-order valence-electron chi connectivity index (χ2n) is 13.5. The van der Waals surface area contributed by atoms with Crippen LogP contribution < -0.4 is 0 Å². The van der Waals surface area contributed by atoms with E-state index in [1.807, 2.05) is 54.6 Å². The van der Waals surface area contributed by atoms with E-state index in [1.165, 1.54) is 0 Å². The minimum absolute atomic E-state index is 0. The van der Waals surface area contributed by atoms with Gasteiger partial charge in [0.1, 0.15) is 0 Å². The van der Waals surface area contributed by atoms with Crippen molar-refractivity contribution in [3.05, 3.63) is 137 Å². The van der Waals surface area contributed by atoms with E-state index in [1.54, 1.807) is 48.1 Å². The fraction of sp³-hybridized carbons (Fsp3) is 0.0476. The molecule has 0 aliphatic heterocycles. The van der Waals surface area contributed by atoms with E-state index in [4.69, 9.17) is 32.7 Å². The van der Waals surface area contributed by atoms with E-state index in [-0.39, 0.29) is 40.2 Å². The maximum Gasteiger partial charge on any atom is 0.196 e. The summed E-state index contributed by atoms with van der Waals surface area (Å²) in [5.41, 5.74) is 7.98. The van der Waals surface area contributed by atoms with E-state index in [2.05, 4.69) is 200 Å². The van der Waals surface area contributed by atoms with Crippen molar-refractivity contribution in [2.75, 3.05) is 0 Å². The zero-order valence-electron chi connectivity index (χ0n) is 39.0. The molecule has 2 radical (unpaired) electrons. The zero-order valence-corrected chi connectivity index (χ0v) is 43.8. The molecular formula is C63H20Ir2N10-2. The number of pyridine rings is 4. The summed E-state index contributed by atoms with van der Waals surface area (Å²) in [4.78, 5) is 22.8. The molecule has 0 atom stereocenters. The van der Waals surface area contributed by atoms with Gasteiger partial charge in [-0.3, -0.25) is 34.8 Å². The number of aryl methyl sites for hydroxylation is 2. The minimum atomic E-state index is 0. The smallest absolute Gasteiger partial charge is 0.196 e. The van der Waals surface area contributed by atoms with Crippen LogP contribution in [0.3, 0.4) is 0 Å². The van der Waals surface area contributed by atoms with Crippen molar-refractivity contribution in [3.8, 4) is 160 Å². The number of rotatable bonds is 0. The monoisotopic (exact) mass is 1300 g/mol. The largest absolute Gasteiger partial charge is 0.358 e. The summed E-state index contributed by atoms with van der Waals surface area (Å²) in [6.45, 7) is 34.6. The minimum Gasteiger partial charge on any atom is -0.358 e. The van der Waals surface area contributed by atoms with Gasteiger partial charge in [-0.05, 0) is 162 Å². The normalized spacial score (nSPS) is 7.87. The Morgan fingerprint density at radius 3 is 1.23 bits per heavy atom. The number of nitrogens with zero attached hydrogens (tertiary/aromatic N) is 10. The Morgan fingerprint density at radius 2 is 0.813 bits per heavy atom. The fourth-order valence-electron chi connectivity index (χ4n) is 6.36. The summed E-state index contributed by atoms with van der Waals surface area (Å²) in [7, 11) is 0. The summed E-state index contributed by atoms with van der Waals surface area (Å²) in [5.74, 6) is 66.3. The predicted octanol–water partition coefficient (Wildman–Crippen LogP) is 9.33. The van der Waals surface area contributed by atoms with Crippen molar-refractivity contribution in [3.63, 3.8) is 0 Å². The molecule has 0 saturated carbocycles. The third-order valence-corrected chi connectivity index (χ3v) is 9.07. The number of fused-ring (bicyclic) bond motifs is 12. The van der Waals surface area contributed by atoms with Crippen molar-refractivity contribution in [1.29, 1.82) is 0 Å². The summed E-state index contributed by atoms with van der Waals surface area (Å²) >= 11 is 0. The molecule has 2 aromatic carbocycles. The molecule has 6 aromatic heterocycles. The Kier molecular flexibility index (Phi) is 21.8. The zero-order chi connectivity index (χ0) is 51.6. The topological polar surface area (TPSA) is 77.8 Å². The van der Waals surface area contributed by atoms with Gasteiger partial charge in [-0.1, -0.05) is 46.6 Å². The van der Waals surface area contributed by atoms with Gasteiger partial charge in [0.15, 0.2) is 22.7 Å². The molecule has 10 nitrogen and oxygen atoms in total. The number of hydrogen-bond acceptors (Lipinski definition) is 4. The Hall–Kier alpha value is -11.7. The molecule has 8 rings (SSSR count). The Balaban J connectivity index is 0.000000242. The summed E-state index contributed by atoms with van der Waals surface area (Å²) in [6, 6.07) is 19.8. The van der Waals surface area contributed by atoms with Gasteiger partial charge in [0.25, 0.3) is 0 Å². The fourth-order valence-corrected chi connectivity index (χ4v) is 6.36. The standard InChI is InChI=1S/C29H3.C17H9N5.C17H8N5.2Ir/c1-3-5-7-9-11-13-15-17-19-21-23-25-27-29-28-26-24-22-20-18-16-14-12-10-8-6-4-2;2*1-10-7-16-17-11(5-4-6-20-17)12-8-13(18-2)14(19-3)9-15(12)22(16)21-10;;/h1H3;4-9H,1H3;4-6,8-9H,1H3;;/q-1;;-1;;. The van der Waals surface area contributed by atoms with Crippen molar-refractivity contribution in [1.82, 2.24) is 29.2 Å². The van der Waals surface area contributed by atoms with E-state index in [0.29, 0.717) is 22.7 Å². The molecule has 12 heteroatoms. The van der Waals surface area contributed by atoms with Gasteiger partial charge in [0, 0.05) is 99.4 Å². The van der Waals surface area contributed by atoms with Crippen LogP contribution in [-0.2, 0) is 40.2 Å². The summed E-state index contributed by atoms with van der Waals surface area (Å²) in [6.07, 6.45) is 10.0. The van der Waals surface area contributed by atoms with Crippen molar-refractivity contribution < 1.29 is 40.2 Å². The first-order chi connectivity index (χ1) is 35.9. The molecule has 0 N–H and O–H groups in total. The average molecular weight is 1300 g/mol. The molecule has 0 spiro atoms. The first-order valence-corrected chi connectivity index (χ1v) is 20.5. The van der Waals surface area contributed by atoms with Crippen LogP contribution in [0, 0.1) is 212 Å². The first kappa shape index (κ1) is 55.9. The average Bonchev–Trinajstić information content (AvgIpc) is 4.03. The molecule has 6 heterocycles. The second-order valence-corrected chi connectivity index (χ2v) is 13.5. The van der Waals surface area contributed by atoms with Crippen LogP contribution in [0.4, 0.5) is 22.7 Å². The van der Waals surface area contributed by atoms with E-state index in [0.717, 1.165) is 66.0 Å². The molecule has 342 valence electrons. The molecule has 0 fully saturated rings. The van der Waals surface area contributed by atoms with Crippen molar-refractivity contribution >= 4 is 77.4 Å². The molecular weight excluding hydrogens is 1280 g/mol.